The third-order valence-electron chi connectivity index (χ3n) is 2.65. The minimum absolute atomic E-state index is 0.0778. The van der Waals surface area contributed by atoms with Gasteiger partial charge in [0, 0.05) is 19.0 Å². The first-order chi connectivity index (χ1) is 8.93. The van der Waals surface area contributed by atoms with E-state index in [2.05, 4.69) is 5.32 Å². The van der Waals surface area contributed by atoms with E-state index in [1.165, 1.54) is 6.92 Å². The van der Waals surface area contributed by atoms with Crippen LogP contribution >= 0.6 is 0 Å². The summed E-state index contributed by atoms with van der Waals surface area (Å²) in [5.74, 6) is -0.475. The average molecular weight is 263 g/mol. The van der Waals surface area contributed by atoms with Crippen LogP contribution in [0.5, 0.6) is 0 Å². The predicted octanol–water partition coefficient (Wildman–Crippen LogP) is 2.75. The molecule has 2 N–H and O–H groups in total. The SMILES string of the molecule is CC(=O)OCc1cc(C)c(NC(=O)CC[NH-])c(C)c1. The largest absolute Gasteiger partial charge is 0.677 e. The molecule has 0 atom stereocenters. The zero-order chi connectivity index (χ0) is 14.4. The number of rotatable bonds is 5. The van der Waals surface area contributed by atoms with E-state index in [4.69, 9.17) is 10.5 Å². The molecule has 0 unspecified atom stereocenters. The Morgan fingerprint density at radius 1 is 1.26 bits per heavy atom. The molecule has 5 nitrogen and oxygen atoms in total. The zero-order valence-corrected chi connectivity index (χ0v) is 11.5. The normalized spacial score (nSPS) is 10.1. The molecule has 0 radical (unpaired) electrons. The van der Waals surface area contributed by atoms with E-state index in [9.17, 15) is 9.59 Å². The Labute approximate surface area is 113 Å². The van der Waals surface area contributed by atoms with Crippen LogP contribution in [0.15, 0.2) is 12.1 Å². The molecule has 0 aromatic heterocycles. The molecule has 1 aromatic carbocycles. The van der Waals surface area contributed by atoms with Crippen molar-refractivity contribution in [2.24, 2.45) is 0 Å². The van der Waals surface area contributed by atoms with Gasteiger partial charge in [0.2, 0.25) is 5.91 Å². The number of amides is 1. The van der Waals surface area contributed by atoms with Gasteiger partial charge in [-0.25, -0.2) is 0 Å². The molecule has 19 heavy (non-hydrogen) atoms. The van der Waals surface area contributed by atoms with Crippen molar-refractivity contribution in [2.75, 3.05) is 11.9 Å². The predicted molar refractivity (Wildman–Crippen MR) is 73.8 cm³/mol. The van der Waals surface area contributed by atoms with Gasteiger partial charge in [-0.05, 0) is 30.5 Å². The van der Waals surface area contributed by atoms with Crippen molar-refractivity contribution in [1.29, 1.82) is 0 Å². The molecular formula is C14H19N2O3-. The van der Waals surface area contributed by atoms with Crippen molar-refractivity contribution in [3.05, 3.63) is 34.6 Å². The Morgan fingerprint density at radius 3 is 2.32 bits per heavy atom. The van der Waals surface area contributed by atoms with E-state index in [1.807, 2.05) is 26.0 Å². The molecule has 0 heterocycles. The van der Waals surface area contributed by atoms with Gasteiger partial charge in [-0.15, -0.1) is 6.54 Å². The summed E-state index contributed by atoms with van der Waals surface area (Å²) in [5.41, 5.74) is 10.5. The van der Waals surface area contributed by atoms with Crippen molar-refractivity contribution in [3.63, 3.8) is 0 Å². The lowest BCUT2D eigenvalue weighted by Crippen LogP contribution is -2.14. The van der Waals surface area contributed by atoms with E-state index in [-0.39, 0.29) is 31.4 Å². The van der Waals surface area contributed by atoms with E-state index >= 15 is 0 Å². The van der Waals surface area contributed by atoms with E-state index < -0.39 is 0 Å². The lowest BCUT2D eigenvalue weighted by Gasteiger charge is -2.14. The van der Waals surface area contributed by atoms with E-state index in [0.29, 0.717) is 0 Å². The highest BCUT2D eigenvalue weighted by Crippen LogP contribution is 2.23. The molecular weight excluding hydrogens is 244 g/mol. The van der Waals surface area contributed by atoms with Crippen LogP contribution in [0.3, 0.4) is 0 Å². The first kappa shape index (κ1) is 15.2. The Bertz CT molecular complexity index is 461. The highest BCUT2D eigenvalue weighted by Gasteiger charge is 2.08. The summed E-state index contributed by atoms with van der Waals surface area (Å²) in [4.78, 5) is 22.3. The number of ether oxygens (including phenoxy) is 1. The molecule has 1 amide bonds. The zero-order valence-electron chi connectivity index (χ0n) is 11.5. The average Bonchev–Trinajstić information content (AvgIpc) is 2.31. The summed E-state index contributed by atoms with van der Waals surface area (Å²) < 4.78 is 4.95. The molecule has 0 fully saturated rings. The monoisotopic (exact) mass is 263 g/mol. The van der Waals surface area contributed by atoms with Crippen LogP contribution < -0.4 is 5.32 Å². The summed E-state index contributed by atoms with van der Waals surface area (Å²) in [6.07, 6.45) is 0.189. The molecule has 0 aliphatic rings. The van der Waals surface area contributed by atoms with Crippen LogP contribution in [-0.4, -0.2) is 18.4 Å². The fraction of sp³-hybridized carbons (Fsp3) is 0.429. The van der Waals surface area contributed by atoms with Crippen LogP contribution in [0.25, 0.3) is 5.73 Å². The van der Waals surface area contributed by atoms with Crippen LogP contribution in [0.2, 0.25) is 0 Å². The van der Waals surface area contributed by atoms with Crippen LogP contribution in [0.1, 0.15) is 30.0 Å². The van der Waals surface area contributed by atoms with Crippen molar-refractivity contribution in [2.45, 2.75) is 33.8 Å². The second-order valence-corrected chi connectivity index (χ2v) is 4.43. The van der Waals surface area contributed by atoms with Gasteiger partial charge >= 0.3 is 5.97 Å². The molecule has 5 heteroatoms. The van der Waals surface area contributed by atoms with Crippen LogP contribution in [-0.2, 0) is 20.9 Å². The van der Waals surface area contributed by atoms with Gasteiger partial charge in [0.05, 0.1) is 0 Å². The summed E-state index contributed by atoms with van der Waals surface area (Å²) in [6.45, 7) is 5.46. The third-order valence-corrected chi connectivity index (χ3v) is 2.65. The number of carbonyl (C=O) groups is 2. The first-order valence-corrected chi connectivity index (χ1v) is 6.12. The summed E-state index contributed by atoms with van der Waals surface area (Å²) >= 11 is 0. The fourth-order valence-corrected chi connectivity index (χ4v) is 1.83. The van der Waals surface area contributed by atoms with Crippen molar-refractivity contribution < 1.29 is 14.3 Å². The molecule has 0 aliphatic heterocycles. The van der Waals surface area contributed by atoms with Gasteiger partial charge in [0.25, 0.3) is 0 Å². The molecule has 0 spiro atoms. The first-order valence-electron chi connectivity index (χ1n) is 6.12. The summed E-state index contributed by atoms with van der Waals surface area (Å²) in [6, 6.07) is 3.76. The molecule has 104 valence electrons. The van der Waals surface area contributed by atoms with Gasteiger partial charge in [-0.3, -0.25) is 9.59 Å². The Balaban J connectivity index is 2.85. The molecule has 1 rings (SSSR count). The van der Waals surface area contributed by atoms with E-state index in [0.717, 1.165) is 22.4 Å². The van der Waals surface area contributed by atoms with Crippen LogP contribution in [0, 0.1) is 13.8 Å². The highest BCUT2D eigenvalue weighted by atomic mass is 16.5. The smallest absolute Gasteiger partial charge is 0.302 e. The maximum atomic E-state index is 11.5. The Morgan fingerprint density at radius 2 is 1.84 bits per heavy atom. The number of hydrogen-bond donors (Lipinski definition) is 1. The number of hydrogen-bond acceptors (Lipinski definition) is 3. The molecule has 0 saturated carbocycles. The van der Waals surface area contributed by atoms with Crippen molar-refractivity contribution in [1.82, 2.24) is 0 Å². The van der Waals surface area contributed by atoms with Crippen molar-refractivity contribution in [3.8, 4) is 0 Å². The maximum absolute atomic E-state index is 11.5. The second-order valence-electron chi connectivity index (χ2n) is 4.43. The molecule has 0 bridgehead atoms. The quantitative estimate of drug-likeness (QED) is 0.829. The Hall–Kier alpha value is -1.88. The Kier molecular flexibility index (Phi) is 5.51. The molecule has 0 saturated heterocycles. The summed E-state index contributed by atoms with van der Waals surface area (Å²) in [5, 5.41) is 2.80. The summed E-state index contributed by atoms with van der Waals surface area (Å²) in [7, 11) is 0. The van der Waals surface area contributed by atoms with Gasteiger partial charge in [-0.2, -0.15) is 0 Å². The minimum atomic E-state index is -0.317. The minimum Gasteiger partial charge on any atom is -0.677 e. The van der Waals surface area contributed by atoms with Gasteiger partial charge in [-0.1, -0.05) is 12.1 Å². The van der Waals surface area contributed by atoms with Gasteiger partial charge in [0.15, 0.2) is 0 Å². The number of esters is 1. The van der Waals surface area contributed by atoms with E-state index in [1.54, 1.807) is 0 Å². The lowest BCUT2D eigenvalue weighted by molar-refractivity contribution is -0.142. The number of aryl methyl sites for hydroxylation is 2. The molecule has 0 aliphatic carbocycles. The lowest BCUT2D eigenvalue weighted by atomic mass is 10.0. The molecule has 1 aromatic rings. The highest BCUT2D eigenvalue weighted by molar-refractivity contribution is 5.92. The number of carbonyl (C=O) groups excluding carboxylic acids is 2. The maximum Gasteiger partial charge on any atom is 0.302 e. The standard InChI is InChI=1S/C14H19N2O3/c1-9-6-12(8-19-11(3)17)7-10(2)14(9)16-13(18)4-5-15/h6-7,15H,4-5,8H2,1-3H3,(H,16,18)/q-1. The topological polar surface area (TPSA) is 79.2 Å². The van der Waals surface area contributed by atoms with Crippen molar-refractivity contribution >= 4 is 17.6 Å². The number of benzene rings is 1. The second kappa shape index (κ2) is 6.89. The number of nitrogens with one attached hydrogen (secondary N) is 2. The number of anilines is 1. The fourth-order valence-electron chi connectivity index (χ4n) is 1.83. The van der Waals surface area contributed by atoms with Crippen LogP contribution in [0.4, 0.5) is 5.69 Å². The van der Waals surface area contributed by atoms with Gasteiger partial charge in [0.1, 0.15) is 6.61 Å². The third kappa shape index (κ3) is 4.71. The van der Waals surface area contributed by atoms with Gasteiger partial charge < -0.3 is 15.8 Å².